The van der Waals surface area contributed by atoms with Crippen molar-refractivity contribution in [1.29, 1.82) is 0 Å². The van der Waals surface area contributed by atoms with Gasteiger partial charge in [0.05, 0.1) is 5.69 Å². The third-order valence-electron chi connectivity index (χ3n) is 3.83. The zero-order chi connectivity index (χ0) is 12.0. The summed E-state index contributed by atoms with van der Waals surface area (Å²) in [6.07, 6.45) is 3.51. The Morgan fingerprint density at radius 1 is 1.12 bits per heavy atom. The van der Waals surface area contributed by atoms with E-state index in [9.17, 15) is 4.79 Å². The van der Waals surface area contributed by atoms with E-state index in [2.05, 4.69) is 37.2 Å². The van der Waals surface area contributed by atoms with Gasteiger partial charge in [0.25, 0.3) is 0 Å². The summed E-state index contributed by atoms with van der Waals surface area (Å²) < 4.78 is 1.84. The van der Waals surface area contributed by atoms with Crippen molar-refractivity contribution in [2.24, 2.45) is 17.8 Å². The number of para-hydroxylation sites is 1. The molecule has 2 fully saturated rings. The molecular formula is C13H13Br2NO. The minimum atomic E-state index is 0.171. The van der Waals surface area contributed by atoms with Crippen molar-refractivity contribution >= 4 is 43.5 Å². The van der Waals surface area contributed by atoms with Crippen molar-refractivity contribution in [2.75, 3.05) is 5.32 Å². The number of nitrogens with one attached hydrogen (secondary N) is 1. The third-order valence-corrected chi connectivity index (χ3v) is 5.15. The summed E-state index contributed by atoms with van der Waals surface area (Å²) in [6.45, 7) is 0. The largest absolute Gasteiger partial charge is 0.324 e. The van der Waals surface area contributed by atoms with E-state index in [-0.39, 0.29) is 11.8 Å². The number of anilines is 1. The Morgan fingerprint density at radius 3 is 2.29 bits per heavy atom. The van der Waals surface area contributed by atoms with Gasteiger partial charge in [-0.2, -0.15) is 0 Å². The van der Waals surface area contributed by atoms with Crippen LogP contribution < -0.4 is 5.32 Å². The molecule has 0 aliphatic heterocycles. The van der Waals surface area contributed by atoms with Gasteiger partial charge in [-0.25, -0.2) is 0 Å². The van der Waals surface area contributed by atoms with Gasteiger partial charge in [-0.15, -0.1) is 0 Å². The van der Waals surface area contributed by atoms with Crippen LogP contribution >= 0.6 is 31.9 Å². The first-order valence-corrected chi connectivity index (χ1v) is 7.48. The molecule has 17 heavy (non-hydrogen) atoms. The van der Waals surface area contributed by atoms with E-state index in [1.165, 1.54) is 6.42 Å². The number of rotatable bonds is 2. The van der Waals surface area contributed by atoms with Crippen LogP contribution in [0.1, 0.15) is 19.3 Å². The summed E-state index contributed by atoms with van der Waals surface area (Å²) in [6, 6.07) is 5.81. The topological polar surface area (TPSA) is 29.1 Å². The Labute approximate surface area is 117 Å². The zero-order valence-electron chi connectivity index (χ0n) is 9.25. The summed E-state index contributed by atoms with van der Waals surface area (Å²) in [4.78, 5) is 12.1. The molecule has 1 amide bonds. The van der Waals surface area contributed by atoms with Gasteiger partial charge in [-0.05, 0) is 75.1 Å². The molecule has 1 aromatic carbocycles. The van der Waals surface area contributed by atoms with E-state index in [0.29, 0.717) is 0 Å². The number of carbonyl (C=O) groups excluding carboxylic acids is 1. The number of benzene rings is 1. The van der Waals surface area contributed by atoms with Crippen LogP contribution in [-0.2, 0) is 4.79 Å². The molecule has 2 aliphatic carbocycles. The quantitative estimate of drug-likeness (QED) is 0.843. The van der Waals surface area contributed by atoms with Crippen molar-refractivity contribution in [1.82, 2.24) is 0 Å². The summed E-state index contributed by atoms with van der Waals surface area (Å²) in [7, 11) is 0. The van der Waals surface area contributed by atoms with Crippen LogP contribution in [-0.4, -0.2) is 5.91 Å². The van der Waals surface area contributed by atoms with Crippen LogP contribution in [0.3, 0.4) is 0 Å². The number of hydrogen-bond donors (Lipinski definition) is 1. The maximum atomic E-state index is 12.1. The van der Waals surface area contributed by atoms with Gasteiger partial charge in [0.2, 0.25) is 5.91 Å². The lowest BCUT2D eigenvalue weighted by atomic mass is 10.0. The predicted octanol–water partition coefficient (Wildman–Crippen LogP) is 4.20. The highest BCUT2D eigenvalue weighted by molar-refractivity contribution is 9.11. The molecule has 1 N–H and O–H groups in total. The SMILES string of the molecule is O=C(Nc1c(Br)cccc1Br)C1CC2CC2C1. The first-order valence-electron chi connectivity index (χ1n) is 5.90. The summed E-state index contributed by atoms with van der Waals surface area (Å²) in [5, 5.41) is 3.03. The van der Waals surface area contributed by atoms with Crippen LogP contribution in [0.4, 0.5) is 5.69 Å². The van der Waals surface area contributed by atoms with E-state index in [4.69, 9.17) is 0 Å². The fourth-order valence-electron chi connectivity index (χ4n) is 2.77. The van der Waals surface area contributed by atoms with Gasteiger partial charge < -0.3 is 5.32 Å². The van der Waals surface area contributed by atoms with Crippen molar-refractivity contribution in [3.8, 4) is 0 Å². The monoisotopic (exact) mass is 357 g/mol. The Balaban J connectivity index is 1.72. The van der Waals surface area contributed by atoms with Crippen LogP contribution in [0.25, 0.3) is 0 Å². The summed E-state index contributed by atoms with van der Waals surface area (Å²) in [5.74, 6) is 2.07. The van der Waals surface area contributed by atoms with Gasteiger partial charge in [0.15, 0.2) is 0 Å². The average Bonchev–Trinajstić information content (AvgIpc) is 2.91. The maximum Gasteiger partial charge on any atom is 0.227 e. The molecule has 1 aromatic rings. The van der Waals surface area contributed by atoms with Gasteiger partial charge in [0.1, 0.15) is 0 Å². The molecule has 0 aromatic heterocycles. The van der Waals surface area contributed by atoms with Crippen LogP contribution in [0.2, 0.25) is 0 Å². The number of carbonyl (C=O) groups is 1. The molecule has 2 nitrogen and oxygen atoms in total. The minimum Gasteiger partial charge on any atom is -0.324 e. The number of amides is 1. The van der Waals surface area contributed by atoms with Crippen LogP contribution in [0.15, 0.2) is 27.1 Å². The highest BCUT2D eigenvalue weighted by atomic mass is 79.9. The van der Waals surface area contributed by atoms with E-state index in [0.717, 1.165) is 39.3 Å². The maximum absolute atomic E-state index is 12.1. The summed E-state index contributed by atoms with van der Waals surface area (Å²) in [5.41, 5.74) is 0.845. The molecule has 0 spiro atoms. The first kappa shape index (κ1) is 11.7. The van der Waals surface area contributed by atoms with E-state index >= 15 is 0 Å². The van der Waals surface area contributed by atoms with E-state index in [1.54, 1.807) is 0 Å². The van der Waals surface area contributed by atoms with Crippen LogP contribution in [0.5, 0.6) is 0 Å². The van der Waals surface area contributed by atoms with E-state index in [1.807, 2.05) is 18.2 Å². The van der Waals surface area contributed by atoms with E-state index < -0.39 is 0 Å². The Bertz CT molecular complexity index is 444. The second kappa shape index (κ2) is 4.39. The van der Waals surface area contributed by atoms with Crippen molar-refractivity contribution in [3.63, 3.8) is 0 Å². The van der Waals surface area contributed by atoms with Crippen molar-refractivity contribution < 1.29 is 4.79 Å². The van der Waals surface area contributed by atoms with Gasteiger partial charge in [-0.3, -0.25) is 4.79 Å². The predicted molar refractivity (Wildman–Crippen MR) is 74.8 cm³/mol. The van der Waals surface area contributed by atoms with Crippen LogP contribution in [0, 0.1) is 17.8 Å². The third kappa shape index (κ3) is 2.29. The molecule has 0 saturated heterocycles. The molecular weight excluding hydrogens is 346 g/mol. The van der Waals surface area contributed by atoms with Gasteiger partial charge >= 0.3 is 0 Å². The number of fused-ring (bicyclic) bond motifs is 1. The average molecular weight is 359 g/mol. The van der Waals surface area contributed by atoms with Crippen molar-refractivity contribution in [2.45, 2.75) is 19.3 Å². The second-order valence-corrected chi connectivity index (χ2v) is 6.72. The molecule has 3 rings (SSSR count). The lowest BCUT2D eigenvalue weighted by Gasteiger charge is -2.14. The molecule has 0 heterocycles. The minimum absolute atomic E-state index is 0.171. The molecule has 0 radical (unpaired) electrons. The first-order chi connectivity index (χ1) is 8.15. The van der Waals surface area contributed by atoms with Gasteiger partial charge in [-0.1, -0.05) is 6.07 Å². The zero-order valence-corrected chi connectivity index (χ0v) is 12.4. The van der Waals surface area contributed by atoms with Crippen molar-refractivity contribution in [3.05, 3.63) is 27.1 Å². The molecule has 2 aliphatic rings. The Morgan fingerprint density at radius 2 is 1.71 bits per heavy atom. The molecule has 90 valence electrons. The Hall–Kier alpha value is -0.350. The summed E-state index contributed by atoms with van der Waals surface area (Å²) >= 11 is 6.92. The number of hydrogen-bond acceptors (Lipinski definition) is 1. The fourth-order valence-corrected chi connectivity index (χ4v) is 3.97. The Kier molecular flexibility index (Phi) is 3.03. The lowest BCUT2D eigenvalue weighted by Crippen LogP contribution is -2.22. The molecule has 2 saturated carbocycles. The number of halogens is 2. The molecule has 4 heteroatoms. The lowest BCUT2D eigenvalue weighted by molar-refractivity contribution is -0.120. The molecule has 2 unspecified atom stereocenters. The molecule has 0 bridgehead atoms. The standard InChI is InChI=1S/C13H13Br2NO/c14-10-2-1-3-11(15)12(10)16-13(17)9-5-7-4-8(7)6-9/h1-3,7-9H,4-6H2,(H,16,17). The second-order valence-electron chi connectivity index (χ2n) is 5.01. The van der Waals surface area contributed by atoms with Gasteiger partial charge in [0, 0.05) is 14.9 Å². The normalized spacial score (nSPS) is 29.9. The highest BCUT2D eigenvalue weighted by Gasteiger charge is 2.48. The highest BCUT2D eigenvalue weighted by Crippen LogP contribution is 2.54. The molecule has 2 atom stereocenters. The fraction of sp³-hybridized carbons (Fsp3) is 0.462. The smallest absolute Gasteiger partial charge is 0.227 e.